The van der Waals surface area contributed by atoms with Gasteiger partial charge in [-0.1, -0.05) is 0 Å². The lowest BCUT2D eigenvalue weighted by atomic mass is 10.00. The molecule has 1 unspecified atom stereocenters. The zero-order chi connectivity index (χ0) is 13.7. The third-order valence-electron chi connectivity index (χ3n) is 4.07. The van der Waals surface area contributed by atoms with Gasteiger partial charge in [0, 0.05) is 39.2 Å². The van der Waals surface area contributed by atoms with Crippen molar-refractivity contribution in [3.63, 3.8) is 0 Å². The molecule has 2 rings (SSSR count). The molecule has 0 aromatic rings. The second-order valence-corrected chi connectivity index (χ2v) is 5.42. The van der Waals surface area contributed by atoms with Crippen LogP contribution in [0.1, 0.15) is 38.5 Å². The van der Waals surface area contributed by atoms with Crippen LogP contribution in [-0.2, 0) is 14.3 Å². The molecule has 5 nitrogen and oxygen atoms in total. The molecule has 2 heterocycles. The fraction of sp³-hybridized carbons (Fsp3) is 0.857. The summed E-state index contributed by atoms with van der Waals surface area (Å²) in [5.74, 6) is 0.415. The Bertz CT molecular complexity index is 333. The molecule has 0 N–H and O–H groups in total. The average molecular weight is 268 g/mol. The van der Waals surface area contributed by atoms with Gasteiger partial charge in [0.05, 0.1) is 13.0 Å². The summed E-state index contributed by atoms with van der Waals surface area (Å²) < 4.78 is 4.95. The van der Waals surface area contributed by atoms with Gasteiger partial charge < -0.3 is 14.5 Å². The van der Waals surface area contributed by atoms with E-state index in [2.05, 4.69) is 0 Å². The van der Waals surface area contributed by atoms with E-state index in [9.17, 15) is 9.59 Å². The Balaban J connectivity index is 1.89. The van der Waals surface area contributed by atoms with Crippen molar-refractivity contribution in [1.82, 2.24) is 9.80 Å². The van der Waals surface area contributed by atoms with Crippen molar-refractivity contribution in [2.24, 2.45) is 0 Å². The normalized spacial score (nSPS) is 24.7. The SMILES string of the molecule is COCCC(=O)N1CCCC(N2CCCCC2=O)C1. The molecule has 5 heteroatoms. The van der Waals surface area contributed by atoms with Crippen LogP contribution in [0.5, 0.6) is 0 Å². The predicted octanol–water partition coefficient (Wildman–Crippen LogP) is 1.03. The fourth-order valence-corrected chi connectivity index (χ4v) is 3.00. The summed E-state index contributed by atoms with van der Waals surface area (Å²) in [6, 6.07) is 0.230. The molecule has 0 aromatic carbocycles. The first-order valence-corrected chi connectivity index (χ1v) is 7.28. The molecule has 0 bridgehead atoms. The standard InChI is InChI=1S/C14H24N2O3/c1-19-10-7-13(17)15-8-4-5-12(11-15)16-9-3-2-6-14(16)18/h12H,2-11H2,1H3. The highest BCUT2D eigenvalue weighted by molar-refractivity contribution is 5.78. The Morgan fingerprint density at radius 2 is 2.16 bits per heavy atom. The first-order chi connectivity index (χ1) is 9.22. The van der Waals surface area contributed by atoms with Crippen molar-refractivity contribution >= 4 is 11.8 Å². The zero-order valence-electron chi connectivity index (χ0n) is 11.8. The van der Waals surface area contributed by atoms with E-state index in [1.807, 2.05) is 9.80 Å². The number of nitrogens with zero attached hydrogens (tertiary/aromatic N) is 2. The third kappa shape index (κ3) is 3.69. The van der Waals surface area contributed by atoms with Gasteiger partial charge in [-0.15, -0.1) is 0 Å². The van der Waals surface area contributed by atoms with Crippen LogP contribution in [0.3, 0.4) is 0 Å². The molecule has 2 saturated heterocycles. The Labute approximate surface area is 114 Å². The number of piperidine rings is 2. The van der Waals surface area contributed by atoms with Crippen LogP contribution in [0.25, 0.3) is 0 Å². The second kappa shape index (κ2) is 6.89. The lowest BCUT2D eigenvalue weighted by molar-refractivity contribution is -0.141. The molecule has 2 aliphatic heterocycles. The van der Waals surface area contributed by atoms with Gasteiger partial charge in [0.15, 0.2) is 0 Å². The number of carbonyl (C=O) groups is 2. The topological polar surface area (TPSA) is 49.9 Å². The number of likely N-dealkylation sites (tertiary alicyclic amines) is 2. The maximum atomic E-state index is 12.0. The molecule has 108 valence electrons. The van der Waals surface area contributed by atoms with Gasteiger partial charge in [0.1, 0.15) is 0 Å². The van der Waals surface area contributed by atoms with Crippen LogP contribution in [0.15, 0.2) is 0 Å². The number of amides is 2. The maximum absolute atomic E-state index is 12.0. The minimum absolute atomic E-state index is 0.149. The van der Waals surface area contributed by atoms with Crippen molar-refractivity contribution in [3.8, 4) is 0 Å². The molecule has 2 amide bonds. The number of hydrogen-bond acceptors (Lipinski definition) is 3. The molecule has 19 heavy (non-hydrogen) atoms. The van der Waals surface area contributed by atoms with Crippen molar-refractivity contribution < 1.29 is 14.3 Å². The summed E-state index contributed by atoms with van der Waals surface area (Å²) in [6.45, 7) is 2.86. The molecule has 0 aromatic heterocycles. The predicted molar refractivity (Wildman–Crippen MR) is 71.7 cm³/mol. The summed E-state index contributed by atoms with van der Waals surface area (Å²) in [6.07, 6.45) is 5.25. The van der Waals surface area contributed by atoms with Crippen LogP contribution in [-0.4, -0.2) is 61.0 Å². The van der Waals surface area contributed by atoms with Crippen molar-refractivity contribution in [2.45, 2.75) is 44.6 Å². The van der Waals surface area contributed by atoms with E-state index in [1.54, 1.807) is 7.11 Å². The summed E-state index contributed by atoms with van der Waals surface area (Å²) in [5, 5.41) is 0. The summed E-state index contributed by atoms with van der Waals surface area (Å²) in [4.78, 5) is 27.9. The van der Waals surface area contributed by atoms with Crippen LogP contribution in [0, 0.1) is 0 Å². The smallest absolute Gasteiger partial charge is 0.224 e. The Morgan fingerprint density at radius 3 is 2.89 bits per heavy atom. The molecular weight excluding hydrogens is 244 g/mol. The first-order valence-electron chi connectivity index (χ1n) is 7.28. The summed E-state index contributed by atoms with van der Waals surface area (Å²) in [7, 11) is 1.61. The number of hydrogen-bond donors (Lipinski definition) is 0. The highest BCUT2D eigenvalue weighted by atomic mass is 16.5. The van der Waals surface area contributed by atoms with Crippen LogP contribution in [0.4, 0.5) is 0 Å². The summed E-state index contributed by atoms with van der Waals surface area (Å²) in [5.41, 5.74) is 0. The number of carbonyl (C=O) groups excluding carboxylic acids is 2. The monoisotopic (exact) mass is 268 g/mol. The van der Waals surface area contributed by atoms with Crippen molar-refractivity contribution in [3.05, 3.63) is 0 Å². The molecule has 0 aliphatic carbocycles. The quantitative estimate of drug-likeness (QED) is 0.765. The van der Waals surface area contributed by atoms with E-state index in [4.69, 9.17) is 4.74 Å². The van der Waals surface area contributed by atoms with E-state index in [-0.39, 0.29) is 17.9 Å². The van der Waals surface area contributed by atoms with Gasteiger partial charge in [-0.25, -0.2) is 0 Å². The zero-order valence-corrected chi connectivity index (χ0v) is 11.8. The highest BCUT2D eigenvalue weighted by Gasteiger charge is 2.31. The van der Waals surface area contributed by atoms with E-state index < -0.39 is 0 Å². The lowest BCUT2D eigenvalue weighted by Gasteiger charge is -2.41. The van der Waals surface area contributed by atoms with Crippen LogP contribution < -0.4 is 0 Å². The van der Waals surface area contributed by atoms with Gasteiger partial charge in [-0.05, 0) is 25.7 Å². The van der Waals surface area contributed by atoms with Crippen LogP contribution in [0.2, 0.25) is 0 Å². The minimum atomic E-state index is 0.149. The van der Waals surface area contributed by atoms with Crippen LogP contribution >= 0.6 is 0 Å². The average Bonchev–Trinajstić information content (AvgIpc) is 2.45. The number of ether oxygens (including phenoxy) is 1. The number of rotatable bonds is 4. The van der Waals surface area contributed by atoms with Crippen molar-refractivity contribution in [2.75, 3.05) is 33.4 Å². The second-order valence-electron chi connectivity index (χ2n) is 5.42. The first kappa shape index (κ1) is 14.3. The van der Waals surface area contributed by atoms with Gasteiger partial charge in [0.2, 0.25) is 11.8 Å². The lowest BCUT2D eigenvalue weighted by Crippen LogP contribution is -2.53. The fourth-order valence-electron chi connectivity index (χ4n) is 3.00. The summed E-state index contributed by atoms with van der Waals surface area (Å²) >= 11 is 0. The van der Waals surface area contributed by atoms with Gasteiger partial charge in [-0.2, -0.15) is 0 Å². The van der Waals surface area contributed by atoms with Gasteiger partial charge in [-0.3, -0.25) is 9.59 Å². The molecular formula is C14H24N2O3. The molecule has 0 saturated carbocycles. The largest absolute Gasteiger partial charge is 0.384 e. The molecule has 0 spiro atoms. The highest BCUT2D eigenvalue weighted by Crippen LogP contribution is 2.21. The third-order valence-corrected chi connectivity index (χ3v) is 4.07. The van der Waals surface area contributed by atoms with E-state index >= 15 is 0 Å². The van der Waals surface area contributed by atoms with E-state index in [0.717, 1.165) is 38.8 Å². The minimum Gasteiger partial charge on any atom is -0.384 e. The molecule has 2 aliphatic rings. The molecule has 2 fully saturated rings. The molecule has 0 radical (unpaired) electrons. The Kier molecular flexibility index (Phi) is 5.19. The van der Waals surface area contributed by atoms with Gasteiger partial charge in [0.25, 0.3) is 0 Å². The van der Waals surface area contributed by atoms with E-state index in [0.29, 0.717) is 26.0 Å². The van der Waals surface area contributed by atoms with Gasteiger partial charge >= 0.3 is 0 Å². The van der Waals surface area contributed by atoms with E-state index in [1.165, 1.54) is 0 Å². The Hall–Kier alpha value is -1.10. The van der Waals surface area contributed by atoms with Crippen molar-refractivity contribution in [1.29, 1.82) is 0 Å². The maximum Gasteiger partial charge on any atom is 0.224 e. The Morgan fingerprint density at radius 1 is 1.32 bits per heavy atom. The number of methoxy groups -OCH3 is 1. The molecule has 1 atom stereocenters.